The molecule has 0 bridgehead atoms. The summed E-state index contributed by atoms with van der Waals surface area (Å²) in [4.78, 5) is 7.15. The fourth-order valence-electron chi connectivity index (χ4n) is 2.98. The van der Waals surface area contributed by atoms with Gasteiger partial charge in [0.25, 0.3) is 0 Å². The molecule has 0 aromatic heterocycles. The SMILES string of the molecule is CCNC(=NCc1ccc(N2CCC(C)CC2)cc1)NCCOCC. The summed E-state index contributed by atoms with van der Waals surface area (Å²) in [7, 11) is 0. The van der Waals surface area contributed by atoms with E-state index in [1.807, 2.05) is 6.92 Å². The van der Waals surface area contributed by atoms with Crippen LogP contribution in [-0.2, 0) is 11.3 Å². The van der Waals surface area contributed by atoms with Crippen LogP contribution < -0.4 is 15.5 Å². The largest absolute Gasteiger partial charge is 0.380 e. The van der Waals surface area contributed by atoms with Gasteiger partial charge in [-0.25, -0.2) is 4.99 Å². The highest BCUT2D eigenvalue weighted by Gasteiger charge is 2.15. The summed E-state index contributed by atoms with van der Waals surface area (Å²) in [5.74, 6) is 1.71. The van der Waals surface area contributed by atoms with Gasteiger partial charge in [0.1, 0.15) is 0 Å². The van der Waals surface area contributed by atoms with Crippen molar-refractivity contribution in [1.29, 1.82) is 0 Å². The molecule has 0 unspecified atom stereocenters. The molecular weight excluding hydrogens is 312 g/mol. The van der Waals surface area contributed by atoms with Crippen molar-refractivity contribution in [1.82, 2.24) is 10.6 Å². The Balaban J connectivity index is 1.85. The second-order valence-corrected chi connectivity index (χ2v) is 6.65. The van der Waals surface area contributed by atoms with E-state index in [1.54, 1.807) is 0 Å². The topological polar surface area (TPSA) is 48.9 Å². The lowest BCUT2D eigenvalue weighted by atomic mass is 9.99. The van der Waals surface area contributed by atoms with Crippen molar-refractivity contribution in [2.24, 2.45) is 10.9 Å². The minimum Gasteiger partial charge on any atom is -0.380 e. The molecule has 25 heavy (non-hydrogen) atoms. The molecule has 1 aromatic carbocycles. The molecule has 1 heterocycles. The van der Waals surface area contributed by atoms with Crippen LogP contribution in [0.25, 0.3) is 0 Å². The fourth-order valence-corrected chi connectivity index (χ4v) is 2.98. The molecule has 1 aromatic rings. The molecule has 2 N–H and O–H groups in total. The molecule has 5 heteroatoms. The first-order chi connectivity index (χ1) is 12.2. The Morgan fingerprint density at radius 3 is 2.52 bits per heavy atom. The predicted molar refractivity (Wildman–Crippen MR) is 106 cm³/mol. The zero-order valence-corrected chi connectivity index (χ0v) is 16.1. The summed E-state index contributed by atoms with van der Waals surface area (Å²) in [6.07, 6.45) is 2.59. The first-order valence-electron chi connectivity index (χ1n) is 9.66. The Hall–Kier alpha value is -1.75. The van der Waals surface area contributed by atoms with Gasteiger partial charge >= 0.3 is 0 Å². The lowest BCUT2D eigenvalue weighted by molar-refractivity contribution is 0.152. The van der Waals surface area contributed by atoms with Gasteiger partial charge in [-0.05, 0) is 50.3 Å². The smallest absolute Gasteiger partial charge is 0.191 e. The van der Waals surface area contributed by atoms with Crippen LogP contribution in [0.5, 0.6) is 0 Å². The number of guanidine groups is 1. The van der Waals surface area contributed by atoms with E-state index in [-0.39, 0.29) is 0 Å². The van der Waals surface area contributed by atoms with Crippen molar-refractivity contribution in [3.8, 4) is 0 Å². The Kier molecular flexibility index (Phi) is 8.60. The van der Waals surface area contributed by atoms with Crippen LogP contribution in [0, 0.1) is 5.92 Å². The van der Waals surface area contributed by atoms with Gasteiger partial charge in [0.05, 0.1) is 13.2 Å². The first kappa shape index (κ1) is 19.6. The Labute approximate surface area is 152 Å². The molecule has 0 spiro atoms. The number of piperidine rings is 1. The van der Waals surface area contributed by atoms with E-state index in [9.17, 15) is 0 Å². The van der Waals surface area contributed by atoms with E-state index in [0.717, 1.165) is 31.6 Å². The van der Waals surface area contributed by atoms with E-state index < -0.39 is 0 Å². The molecule has 0 saturated carbocycles. The monoisotopic (exact) mass is 346 g/mol. The number of benzene rings is 1. The average Bonchev–Trinajstić information content (AvgIpc) is 2.64. The van der Waals surface area contributed by atoms with Crippen molar-refractivity contribution in [2.75, 3.05) is 44.3 Å². The van der Waals surface area contributed by atoms with E-state index in [1.165, 1.54) is 37.2 Å². The van der Waals surface area contributed by atoms with Crippen LogP contribution in [0.3, 0.4) is 0 Å². The van der Waals surface area contributed by atoms with Crippen molar-refractivity contribution in [3.63, 3.8) is 0 Å². The first-order valence-corrected chi connectivity index (χ1v) is 9.66. The number of anilines is 1. The Bertz CT molecular complexity index is 507. The van der Waals surface area contributed by atoms with Crippen molar-refractivity contribution in [2.45, 2.75) is 40.2 Å². The van der Waals surface area contributed by atoms with Crippen molar-refractivity contribution >= 4 is 11.6 Å². The van der Waals surface area contributed by atoms with Gasteiger partial charge in [-0.1, -0.05) is 19.1 Å². The Morgan fingerprint density at radius 1 is 1.16 bits per heavy atom. The van der Waals surface area contributed by atoms with Gasteiger partial charge in [-0.2, -0.15) is 0 Å². The molecule has 0 amide bonds. The summed E-state index contributed by atoms with van der Waals surface area (Å²) >= 11 is 0. The molecule has 0 atom stereocenters. The number of rotatable bonds is 8. The number of aliphatic imine (C=N–C) groups is 1. The number of hydrogen-bond acceptors (Lipinski definition) is 3. The highest BCUT2D eigenvalue weighted by Crippen LogP contribution is 2.23. The molecule has 0 radical (unpaired) electrons. The number of nitrogens with zero attached hydrogens (tertiary/aromatic N) is 2. The summed E-state index contributed by atoms with van der Waals surface area (Å²) in [5, 5.41) is 6.57. The minimum atomic E-state index is 0.682. The number of ether oxygens (including phenoxy) is 1. The van der Waals surface area contributed by atoms with Crippen molar-refractivity contribution < 1.29 is 4.74 Å². The van der Waals surface area contributed by atoms with E-state index >= 15 is 0 Å². The predicted octanol–water partition coefficient (Wildman–Crippen LogP) is 3.01. The van der Waals surface area contributed by atoms with E-state index in [0.29, 0.717) is 13.2 Å². The third-order valence-electron chi connectivity index (χ3n) is 4.59. The molecule has 140 valence electrons. The van der Waals surface area contributed by atoms with Crippen LogP contribution in [-0.4, -0.2) is 45.4 Å². The lowest BCUT2D eigenvalue weighted by Crippen LogP contribution is -2.39. The van der Waals surface area contributed by atoms with Crippen molar-refractivity contribution in [3.05, 3.63) is 29.8 Å². The van der Waals surface area contributed by atoms with Gasteiger partial charge in [0.2, 0.25) is 0 Å². The molecule has 1 aliphatic rings. The average molecular weight is 347 g/mol. The van der Waals surface area contributed by atoms with E-state index in [2.05, 4.69) is 58.6 Å². The molecule has 1 aliphatic heterocycles. The molecule has 1 fully saturated rings. The maximum absolute atomic E-state index is 5.35. The summed E-state index contributed by atoms with van der Waals surface area (Å²) in [6.45, 7) is 12.5. The normalized spacial score (nSPS) is 16.1. The van der Waals surface area contributed by atoms with E-state index in [4.69, 9.17) is 4.74 Å². The number of hydrogen-bond donors (Lipinski definition) is 2. The molecule has 0 aliphatic carbocycles. The summed E-state index contributed by atoms with van der Waals surface area (Å²) < 4.78 is 5.35. The lowest BCUT2D eigenvalue weighted by Gasteiger charge is -2.32. The van der Waals surface area contributed by atoms with Crippen LogP contribution in [0.2, 0.25) is 0 Å². The van der Waals surface area contributed by atoms with Gasteiger partial charge in [-0.15, -0.1) is 0 Å². The van der Waals surface area contributed by atoms with Gasteiger partial charge in [-0.3, -0.25) is 0 Å². The second kappa shape index (κ2) is 11.0. The minimum absolute atomic E-state index is 0.682. The third kappa shape index (κ3) is 6.94. The highest BCUT2D eigenvalue weighted by atomic mass is 16.5. The van der Waals surface area contributed by atoms with Crippen LogP contribution in [0.1, 0.15) is 39.2 Å². The van der Waals surface area contributed by atoms with Crippen LogP contribution in [0.15, 0.2) is 29.3 Å². The van der Waals surface area contributed by atoms with Gasteiger partial charge in [0.15, 0.2) is 5.96 Å². The zero-order valence-electron chi connectivity index (χ0n) is 16.1. The molecule has 1 saturated heterocycles. The Morgan fingerprint density at radius 2 is 1.88 bits per heavy atom. The quantitative estimate of drug-likeness (QED) is 0.432. The summed E-state index contributed by atoms with van der Waals surface area (Å²) in [5.41, 5.74) is 2.57. The molecule has 5 nitrogen and oxygen atoms in total. The van der Waals surface area contributed by atoms with Gasteiger partial charge < -0.3 is 20.3 Å². The second-order valence-electron chi connectivity index (χ2n) is 6.65. The summed E-state index contributed by atoms with van der Waals surface area (Å²) in [6, 6.07) is 8.85. The van der Waals surface area contributed by atoms with Gasteiger partial charge in [0, 0.05) is 38.5 Å². The maximum atomic E-state index is 5.35. The maximum Gasteiger partial charge on any atom is 0.191 e. The third-order valence-corrected chi connectivity index (χ3v) is 4.59. The highest BCUT2D eigenvalue weighted by molar-refractivity contribution is 5.79. The molecular formula is C20H34N4O. The standard InChI is InChI=1S/C20H34N4O/c1-4-21-20(22-12-15-25-5-2)23-16-18-6-8-19(9-7-18)24-13-10-17(3)11-14-24/h6-9,17H,4-5,10-16H2,1-3H3,(H2,21,22,23). The zero-order chi connectivity index (χ0) is 17.9. The molecule has 2 rings (SSSR count). The fraction of sp³-hybridized carbons (Fsp3) is 0.650. The number of nitrogens with one attached hydrogen (secondary N) is 2. The van der Waals surface area contributed by atoms with Crippen LogP contribution in [0.4, 0.5) is 5.69 Å². The van der Waals surface area contributed by atoms with Crippen LogP contribution >= 0.6 is 0 Å².